The van der Waals surface area contributed by atoms with Gasteiger partial charge in [0, 0.05) is 62.5 Å². The molecule has 40 heavy (non-hydrogen) atoms. The zero-order valence-electron chi connectivity index (χ0n) is 23.4. The molecular formula is C28H34ClFN8O2. The SMILES string of the molecule is CC(=O)Cc1cc(Oc2cnc3nc(Nc4cc(C(C)(C)C)n(C5CCN(CCF)C5)n4)n(C)c3c2Cl)ccn1. The van der Waals surface area contributed by atoms with E-state index in [9.17, 15) is 9.18 Å². The minimum Gasteiger partial charge on any atom is -0.454 e. The van der Waals surface area contributed by atoms with E-state index in [0.717, 1.165) is 25.2 Å². The Kier molecular flexibility index (Phi) is 7.78. The fourth-order valence-electron chi connectivity index (χ4n) is 5.04. The molecule has 5 rings (SSSR count). The third-order valence-electron chi connectivity index (χ3n) is 6.99. The van der Waals surface area contributed by atoms with Gasteiger partial charge in [0.25, 0.3) is 0 Å². The molecule has 5 heterocycles. The lowest BCUT2D eigenvalue weighted by atomic mass is 9.91. The number of nitrogens with zero attached hydrogens (tertiary/aromatic N) is 7. The van der Waals surface area contributed by atoms with Crippen molar-refractivity contribution >= 4 is 40.3 Å². The lowest BCUT2D eigenvalue weighted by Crippen LogP contribution is -2.26. The molecule has 1 aliphatic heterocycles. The third kappa shape index (κ3) is 5.80. The topological polar surface area (TPSA) is 103 Å². The van der Waals surface area contributed by atoms with Crippen molar-refractivity contribution < 1.29 is 13.9 Å². The van der Waals surface area contributed by atoms with Crippen molar-refractivity contribution in [2.75, 3.05) is 31.6 Å². The number of nitrogens with one attached hydrogen (secondary N) is 1. The molecule has 1 saturated heterocycles. The second kappa shape index (κ2) is 11.1. The van der Waals surface area contributed by atoms with Gasteiger partial charge < -0.3 is 14.6 Å². The maximum absolute atomic E-state index is 12.9. The molecule has 1 fully saturated rings. The maximum atomic E-state index is 12.9. The molecular weight excluding hydrogens is 535 g/mol. The molecule has 4 aromatic heterocycles. The van der Waals surface area contributed by atoms with Crippen LogP contribution in [-0.4, -0.2) is 66.3 Å². The Hall–Kier alpha value is -3.57. The van der Waals surface area contributed by atoms with Crippen molar-refractivity contribution in [2.24, 2.45) is 7.05 Å². The summed E-state index contributed by atoms with van der Waals surface area (Å²) >= 11 is 6.78. The van der Waals surface area contributed by atoms with Crippen molar-refractivity contribution in [1.82, 2.24) is 34.2 Å². The molecule has 0 aromatic carbocycles. The van der Waals surface area contributed by atoms with Gasteiger partial charge in [-0.2, -0.15) is 10.1 Å². The standard InChI is InChI=1S/C28H34ClFN8O2/c1-17(39)12-18-13-20(6-9-31-18)40-21-15-32-26-25(24(21)29)36(5)27(34-26)33-23-14-22(28(2,3)4)38(35-23)19-7-10-37(16-19)11-8-30/h6,9,13-15,19H,7-8,10-12,16H2,1-5H3,(H,32,33,34,35). The molecule has 212 valence electrons. The second-order valence-electron chi connectivity index (χ2n) is 11.2. The number of hydrogen-bond acceptors (Lipinski definition) is 8. The lowest BCUT2D eigenvalue weighted by molar-refractivity contribution is -0.116. The molecule has 1 atom stereocenters. The van der Waals surface area contributed by atoms with Crippen molar-refractivity contribution in [3.05, 3.63) is 47.0 Å². The minimum absolute atomic E-state index is 0.0159. The molecule has 0 amide bonds. The zero-order chi connectivity index (χ0) is 28.6. The first-order chi connectivity index (χ1) is 19.0. The second-order valence-corrected chi connectivity index (χ2v) is 11.6. The normalized spacial score (nSPS) is 16.1. The average molecular weight is 569 g/mol. The van der Waals surface area contributed by atoms with Gasteiger partial charge in [0.1, 0.15) is 28.7 Å². The van der Waals surface area contributed by atoms with E-state index in [-0.39, 0.29) is 30.3 Å². The highest BCUT2D eigenvalue weighted by Crippen LogP contribution is 2.36. The average Bonchev–Trinajstić information content (AvgIpc) is 3.59. The monoisotopic (exact) mass is 568 g/mol. The minimum atomic E-state index is -0.343. The first-order valence-corrected chi connectivity index (χ1v) is 13.7. The number of pyridine rings is 2. The summed E-state index contributed by atoms with van der Waals surface area (Å²) in [5.41, 5.74) is 2.63. The van der Waals surface area contributed by atoms with E-state index in [1.54, 1.807) is 18.3 Å². The van der Waals surface area contributed by atoms with E-state index >= 15 is 0 Å². The number of carbonyl (C=O) groups excluding carboxylic acids is 1. The van der Waals surface area contributed by atoms with E-state index in [2.05, 4.69) is 50.6 Å². The maximum Gasteiger partial charge on any atom is 0.210 e. The number of alkyl halides is 1. The molecule has 0 aliphatic carbocycles. The number of halogens is 2. The van der Waals surface area contributed by atoms with Crippen LogP contribution in [0.4, 0.5) is 16.2 Å². The van der Waals surface area contributed by atoms with Gasteiger partial charge in [-0.25, -0.2) is 9.37 Å². The quantitative estimate of drug-likeness (QED) is 0.286. The summed E-state index contributed by atoms with van der Waals surface area (Å²) in [5.74, 6) is 2.08. The number of rotatable bonds is 9. The molecule has 0 saturated carbocycles. The van der Waals surface area contributed by atoms with Gasteiger partial charge in [-0.1, -0.05) is 32.4 Å². The summed E-state index contributed by atoms with van der Waals surface area (Å²) in [6.07, 6.45) is 4.27. The van der Waals surface area contributed by atoms with E-state index in [0.29, 0.717) is 51.7 Å². The Morgan fingerprint density at radius 3 is 2.80 bits per heavy atom. The summed E-state index contributed by atoms with van der Waals surface area (Å²) in [4.78, 5) is 27.0. The smallest absolute Gasteiger partial charge is 0.210 e. The third-order valence-corrected chi connectivity index (χ3v) is 7.35. The van der Waals surface area contributed by atoms with Gasteiger partial charge in [-0.15, -0.1) is 0 Å². The molecule has 4 aromatic rings. The lowest BCUT2D eigenvalue weighted by Gasteiger charge is -2.23. The summed E-state index contributed by atoms with van der Waals surface area (Å²) in [5, 5.41) is 8.61. The van der Waals surface area contributed by atoms with Gasteiger partial charge in [0.05, 0.1) is 17.9 Å². The predicted octanol–water partition coefficient (Wildman–Crippen LogP) is 5.39. The molecule has 1 N–H and O–H groups in total. The number of aromatic nitrogens is 6. The van der Waals surface area contributed by atoms with Crippen LogP contribution in [0.25, 0.3) is 11.2 Å². The Bertz CT molecular complexity index is 1540. The largest absolute Gasteiger partial charge is 0.454 e. The summed E-state index contributed by atoms with van der Waals surface area (Å²) in [6, 6.07) is 5.63. The summed E-state index contributed by atoms with van der Waals surface area (Å²) < 4.78 is 22.8. The number of imidazole rings is 1. The van der Waals surface area contributed by atoms with Gasteiger partial charge in [-0.05, 0) is 19.4 Å². The summed E-state index contributed by atoms with van der Waals surface area (Å²) in [7, 11) is 1.85. The Labute approximate surface area is 237 Å². The summed E-state index contributed by atoms with van der Waals surface area (Å²) in [6.45, 7) is 9.73. The predicted molar refractivity (Wildman–Crippen MR) is 152 cm³/mol. The van der Waals surface area contributed by atoms with Gasteiger partial charge in [0.15, 0.2) is 17.2 Å². The van der Waals surface area contributed by atoms with Gasteiger partial charge in [-0.3, -0.25) is 19.4 Å². The number of hydrogen-bond donors (Lipinski definition) is 1. The van der Waals surface area contributed by atoms with Crippen LogP contribution in [0, 0.1) is 0 Å². The van der Waals surface area contributed by atoms with Crippen molar-refractivity contribution in [1.29, 1.82) is 0 Å². The molecule has 0 bridgehead atoms. The molecule has 0 radical (unpaired) electrons. The van der Waals surface area contributed by atoms with Crippen LogP contribution in [0.2, 0.25) is 5.02 Å². The number of carbonyl (C=O) groups is 1. The molecule has 1 aliphatic rings. The van der Waals surface area contributed by atoms with Crippen molar-refractivity contribution in [2.45, 2.75) is 52.0 Å². The number of aryl methyl sites for hydroxylation is 1. The van der Waals surface area contributed by atoms with Crippen LogP contribution in [-0.2, 0) is 23.7 Å². The van der Waals surface area contributed by atoms with Crippen molar-refractivity contribution in [3.8, 4) is 11.5 Å². The van der Waals surface area contributed by atoms with E-state index in [1.807, 2.05) is 17.7 Å². The van der Waals surface area contributed by atoms with Crippen molar-refractivity contribution in [3.63, 3.8) is 0 Å². The highest BCUT2D eigenvalue weighted by Gasteiger charge is 2.30. The van der Waals surface area contributed by atoms with Gasteiger partial charge >= 0.3 is 0 Å². The molecule has 10 nitrogen and oxygen atoms in total. The number of likely N-dealkylation sites (tertiary alicyclic amines) is 1. The fraction of sp³-hybridized carbons (Fsp3) is 0.464. The Morgan fingerprint density at radius 2 is 2.08 bits per heavy atom. The number of ketones is 1. The highest BCUT2D eigenvalue weighted by atomic mass is 35.5. The first-order valence-electron chi connectivity index (χ1n) is 13.3. The highest BCUT2D eigenvalue weighted by molar-refractivity contribution is 6.36. The number of anilines is 2. The van der Waals surface area contributed by atoms with Crippen LogP contribution >= 0.6 is 11.6 Å². The van der Waals surface area contributed by atoms with E-state index in [1.165, 1.54) is 13.1 Å². The Morgan fingerprint density at radius 1 is 1.27 bits per heavy atom. The van der Waals surface area contributed by atoms with Crippen LogP contribution < -0.4 is 10.1 Å². The van der Waals surface area contributed by atoms with Crippen LogP contribution in [0.5, 0.6) is 11.5 Å². The molecule has 0 spiro atoms. The number of fused-ring (bicyclic) bond motifs is 1. The van der Waals surface area contributed by atoms with E-state index < -0.39 is 0 Å². The molecule has 12 heteroatoms. The molecule has 1 unspecified atom stereocenters. The fourth-order valence-corrected chi connectivity index (χ4v) is 5.34. The Balaban J connectivity index is 1.42. The first kappa shape index (κ1) is 28.0. The van der Waals surface area contributed by atoms with Gasteiger partial charge in [0.2, 0.25) is 5.95 Å². The van der Waals surface area contributed by atoms with E-state index in [4.69, 9.17) is 21.4 Å². The number of Topliss-reactive ketones (excluding diaryl/α,β-unsaturated/α-hetero) is 1. The van der Waals surface area contributed by atoms with Crippen LogP contribution in [0.1, 0.15) is 51.5 Å². The number of ether oxygens (including phenoxy) is 1. The van der Waals surface area contributed by atoms with Crippen LogP contribution in [0.15, 0.2) is 30.6 Å². The zero-order valence-corrected chi connectivity index (χ0v) is 24.2. The van der Waals surface area contributed by atoms with Crippen LogP contribution in [0.3, 0.4) is 0 Å².